The first-order valence-electron chi connectivity index (χ1n) is 4.49. The van der Waals surface area contributed by atoms with Crippen molar-refractivity contribution in [2.75, 3.05) is 0 Å². The third-order valence-electron chi connectivity index (χ3n) is 2.23. The number of ether oxygens (including phenoxy) is 1. The van der Waals surface area contributed by atoms with Gasteiger partial charge in [0.25, 0.3) is 6.47 Å². The summed E-state index contributed by atoms with van der Waals surface area (Å²) in [6.45, 7) is 6.41. The number of carbonyl (C=O) groups excluding carboxylic acids is 1. The average molecular weight is 260 g/mol. The van der Waals surface area contributed by atoms with Gasteiger partial charge in [0, 0.05) is 22.3 Å². The molecule has 1 N–H and O–H groups in total. The van der Waals surface area contributed by atoms with Crippen molar-refractivity contribution in [2.45, 2.75) is 33.3 Å². The van der Waals surface area contributed by atoms with Gasteiger partial charge in [-0.25, -0.2) is 0 Å². The van der Waals surface area contributed by atoms with E-state index in [2.05, 4.69) is 20.9 Å². The number of carbonyl (C=O) groups is 1. The maximum atomic E-state index is 10.1. The number of hydrogen-bond acceptors (Lipinski definition) is 2. The molecular formula is C10H14BrNO2. The number of aryl methyl sites for hydroxylation is 1. The first-order valence-corrected chi connectivity index (χ1v) is 5.28. The average Bonchev–Trinajstić information content (AvgIpc) is 2.34. The summed E-state index contributed by atoms with van der Waals surface area (Å²) in [4.78, 5) is 13.4. The predicted octanol–water partition coefficient (Wildman–Crippen LogP) is 2.50. The number of halogens is 1. The second-order valence-corrected chi connectivity index (χ2v) is 4.21. The van der Waals surface area contributed by atoms with E-state index >= 15 is 0 Å². The second kappa shape index (κ2) is 4.64. The van der Waals surface area contributed by atoms with Crippen molar-refractivity contribution in [2.24, 2.45) is 0 Å². The van der Waals surface area contributed by atoms with Gasteiger partial charge in [0.2, 0.25) is 0 Å². The Morgan fingerprint density at radius 2 is 2.21 bits per heavy atom. The molecule has 1 atom stereocenters. The molecule has 78 valence electrons. The van der Waals surface area contributed by atoms with Crippen molar-refractivity contribution < 1.29 is 9.53 Å². The van der Waals surface area contributed by atoms with Crippen LogP contribution in [0.5, 0.6) is 0 Å². The van der Waals surface area contributed by atoms with Crippen molar-refractivity contribution in [1.82, 2.24) is 4.98 Å². The summed E-state index contributed by atoms with van der Waals surface area (Å²) in [5.41, 5.74) is 3.41. The summed E-state index contributed by atoms with van der Waals surface area (Å²) < 4.78 is 5.94. The number of aromatic amines is 1. The molecule has 0 saturated carbocycles. The van der Waals surface area contributed by atoms with Crippen molar-refractivity contribution in [1.29, 1.82) is 0 Å². The van der Waals surface area contributed by atoms with Crippen molar-refractivity contribution >= 4 is 22.4 Å². The lowest BCUT2D eigenvalue weighted by molar-refractivity contribution is -0.132. The van der Waals surface area contributed by atoms with Crippen LogP contribution in [0, 0.1) is 13.8 Å². The van der Waals surface area contributed by atoms with E-state index in [0.29, 0.717) is 6.47 Å². The molecule has 1 aromatic rings. The van der Waals surface area contributed by atoms with Crippen LogP contribution in [0.4, 0.5) is 0 Å². The summed E-state index contributed by atoms with van der Waals surface area (Å²) in [5.74, 6) is 0. The molecule has 14 heavy (non-hydrogen) atoms. The SMILES string of the molecule is Cc1[nH]c(CC(C)OC=O)c(C)c1Br. The third kappa shape index (κ3) is 2.38. The van der Waals surface area contributed by atoms with E-state index in [9.17, 15) is 4.79 Å². The summed E-state index contributed by atoms with van der Waals surface area (Å²) in [7, 11) is 0. The highest BCUT2D eigenvalue weighted by molar-refractivity contribution is 9.10. The van der Waals surface area contributed by atoms with E-state index in [-0.39, 0.29) is 6.10 Å². The number of H-pyrrole nitrogens is 1. The topological polar surface area (TPSA) is 42.1 Å². The molecule has 0 aliphatic heterocycles. The van der Waals surface area contributed by atoms with Gasteiger partial charge >= 0.3 is 0 Å². The maximum absolute atomic E-state index is 10.1. The highest BCUT2D eigenvalue weighted by Crippen LogP contribution is 2.24. The standard InChI is InChI=1S/C10H14BrNO2/c1-6(14-5-13)4-9-7(2)10(11)8(3)12-9/h5-6,12H,4H2,1-3H3. The molecule has 1 heterocycles. The van der Waals surface area contributed by atoms with Crippen LogP contribution in [0.15, 0.2) is 4.47 Å². The van der Waals surface area contributed by atoms with E-state index in [0.717, 1.165) is 22.3 Å². The zero-order valence-corrected chi connectivity index (χ0v) is 10.1. The fourth-order valence-corrected chi connectivity index (χ4v) is 1.76. The third-order valence-corrected chi connectivity index (χ3v) is 3.42. The molecular weight excluding hydrogens is 246 g/mol. The molecule has 1 unspecified atom stereocenters. The van der Waals surface area contributed by atoms with E-state index in [4.69, 9.17) is 4.74 Å². The lowest BCUT2D eigenvalue weighted by Gasteiger charge is -2.08. The summed E-state index contributed by atoms with van der Waals surface area (Å²) in [6.07, 6.45) is 0.632. The molecule has 1 aromatic heterocycles. The molecule has 3 nitrogen and oxygen atoms in total. The van der Waals surface area contributed by atoms with Crippen LogP contribution in [0.3, 0.4) is 0 Å². The summed E-state index contributed by atoms with van der Waals surface area (Å²) in [6, 6.07) is 0. The Morgan fingerprint density at radius 1 is 1.57 bits per heavy atom. The van der Waals surface area contributed by atoms with Crippen LogP contribution in [0.1, 0.15) is 23.9 Å². The molecule has 1 rings (SSSR count). The van der Waals surface area contributed by atoms with Crippen LogP contribution in [-0.2, 0) is 16.0 Å². The minimum Gasteiger partial charge on any atom is -0.464 e. The molecule has 0 amide bonds. The second-order valence-electron chi connectivity index (χ2n) is 3.41. The monoisotopic (exact) mass is 259 g/mol. The van der Waals surface area contributed by atoms with Crippen LogP contribution >= 0.6 is 15.9 Å². The van der Waals surface area contributed by atoms with Gasteiger partial charge in [0.1, 0.15) is 6.10 Å². The van der Waals surface area contributed by atoms with Gasteiger partial charge < -0.3 is 9.72 Å². The van der Waals surface area contributed by atoms with Gasteiger partial charge in [0.05, 0.1) is 0 Å². The molecule has 4 heteroatoms. The van der Waals surface area contributed by atoms with Gasteiger partial charge in [-0.2, -0.15) is 0 Å². The lowest BCUT2D eigenvalue weighted by Crippen LogP contribution is -2.11. The molecule has 0 aliphatic carbocycles. The Balaban J connectivity index is 2.76. The van der Waals surface area contributed by atoms with Gasteiger partial charge in [-0.05, 0) is 42.3 Å². The molecule has 0 spiro atoms. The van der Waals surface area contributed by atoms with Gasteiger partial charge in [-0.1, -0.05) is 0 Å². The molecule has 0 bridgehead atoms. The molecule has 0 radical (unpaired) electrons. The number of hydrogen-bond donors (Lipinski definition) is 1. The van der Waals surface area contributed by atoms with Crippen LogP contribution < -0.4 is 0 Å². The summed E-state index contributed by atoms with van der Waals surface area (Å²) >= 11 is 3.49. The molecule has 0 fully saturated rings. The van der Waals surface area contributed by atoms with Gasteiger partial charge in [-0.3, -0.25) is 4.79 Å². The quantitative estimate of drug-likeness (QED) is 0.845. The Labute approximate surface area is 92.0 Å². The first kappa shape index (κ1) is 11.3. The fourth-order valence-electron chi connectivity index (χ4n) is 1.42. The van der Waals surface area contributed by atoms with E-state index in [1.807, 2.05) is 20.8 Å². The van der Waals surface area contributed by atoms with Crippen molar-refractivity contribution in [3.63, 3.8) is 0 Å². The van der Waals surface area contributed by atoms with Crippen LogP contribution in [0.25, 0.3) is 0 Å². The first-order chi connectivity index (χ1) is 6.56. The maximum Gasteiger partial charge on any atom is 0.293 e. The van der Waals surface area contributed by atoms with E-state index < -0.39 is 0 Å². The Kier molecular flexibility index (Phi) is 3.75. The molecule has 0 aliphatic rings. The predicted molar refractivity (Wildman–Crippen MR) is 58.3 cm³/mol. The zero-order valence-electron chi connectivity index (χ0n) is 8.56. The highest BCUT2D eigenvalue weighted by atomic mass is 79.9. The minimum absolute atomic E-state index is 0.0869. The normalized spacial score (nSPS) is 12.6. The van der Waals surface area contributed by atoms with Gasteiger partial charge in [-0.15, -0.1) is 0 Å². The number of rotatable bonds is 4. The van der Waals surface area contributed by atoms with Crippen molar-refractivity contribution in [3.05, 3.63) is 21.4 Å². The zero-order chi connectivity index (χ0) is 10.7. The smallest absolute Gasteiger partial charge is 0.293 e. The molecule has 0 saturated heterocycles. The lowest BCUT2D eigenvalue weighted by atomic mass is 10.1. The largest absolute Gasteiger partial charge is 0.464 e. The van der Waals surface area contributed by atoms with Crippen molar-refractivity contribution in [3.8, 4) is 0 Å². The Hall–Kier alpha value is -0.770. The fraction of sp³-hybridized carbons (Fsp3) is 0.500. The minimum atomic E-state index is -0.0869. The number of aromatic nitrogens is 1. The van der Waals surface area contributed by atoms with Gasteiger partial charge in [0.15, 0.2) is 0 Å². The summed E-state index contributed by atoms with van der Waals surface area (Å²) in [5, 5.41) is 0. The number of nitrogens with one attached hydrogen (secondary N) is 1. The Bertz CT molecular complexity index is 333. The van der Waals surface area contributed by atoms with Crippen LogP contribution in [-0.4, -0.2) is 17.6 Å². The van der Waals surface area contributed by atoms with Crippen LogP contribution in [0.2, 0.25) is 0 Å². The van der Waals surface area contributed by atoms with E-state index in [1.165, 1.54) is 5.56 Å². The Morgan fingerprint density at radius 3 is 2.64 bits per heavy atom. The molecule has 0 aromatic carbocycles. The van der Waals surface area contributed by atoms with E-state index in [1.54, 1.807) is 0 Å². The highest BCUT2D eigenvalue weighted by Gasteiger charge is 2.12.